The van der Waals surface area contributed by atoms with Crippen molar-refractivity contribution in [2.75, 3.05) is 19.6 Å². The topological polar surface area (TPSA) is 104 Å². The van der Waals surface area contributed by atoms with Gasteiger partial charge in [-0.2, -0.15) is 0 Å². The number of rotatable bonds is 4. The molecule has 1 aromatic heterocycles. The summed E-state index contributed by atoms with van der Waals surface area (Å²) in [5, 5.41) is 12.7. The number of hydrogen-bond acceptors (Lipinski definition) is 4. The van der Waals surface area contributed by atoms with Crippen molar-refractivity contribution in [3.8, 4) is 0 Å². The fourth-order valence-corrected chi connectivity index (χ4v) is 2.11. The molecule has 0 radical (unpaired) electrons. The lowest BCUT2D eigenvalue weighted by atomic mass is 10.3. The number of likely N-dealkylation sites (tertiary alicyclic amines) is 1. The lowest BCUT2D eigenvalue weighted by Crippen LogP contribution is -2.40. The standard InChI is InChI=1S/C13H20N4O3.HI/c1-2-15-13(17-6-5-9(18)8-17)16-7-10-3-4-11(20-10)12(14)19;/h3-4,9,18H,2,5-8H2,1H3,(H2,14,19)(H,15,16);1H/t9-;/m1./s1. The van der Waals surface area contributed by atoms with E-state index >= 15 is 0 Å². The molecule has 2 heterocycles. The first-order valence-corrected chi connectivity index (χ1v) is 6.70. The summed E-state index contributed by atoms with van der Waals surface area (Å²) in [6.07, 6.45) is 0.445. The van der Waals surface area contributed by atoms with Gasteiger partial charge in [-0.15, -0.1) is 24.0 Å². The smallest absolute Gasteiger partial charge is 0.284 e. The van der Waals surface area contributed by atoms with Gasteiger partial charge in [0.15, 0.2) is 11.7 Å². The predicted molar refractivity (Wildman–Crippen MR) is 89.7 cm³/mol. The molecule has 0 bridgehead atoms. The van der Waals surface area contributed by atoms with Crippen LogP contribution in [0.4, 0.5) is 0 Å². The van der Waals surface area contributed by atoms with Crippen molar-refractivity contribution < 1.29 is 14.3 Å². The molecule has 1 aliphatic heterocycles. The summed E-state index contributed by atoms with van der Waals surface area (Å²) in [6, 6.07) is 3.23. The summed E-state index contributed by atoms with van der Waals surface area (Å²) in [4.78, 5) is 17.4. The molecule has 0 saturated carbocycles. The number of carbonyl (C=O) groups is 1. The van der Waals surface area contributed by atoms with Crippen LogP contribution >= 0.6 is 24.0 Å². The maximum atomic E-state index is 10.9. The van der Waals surface area contributed by atoms with Gasteiger partial charge in [0, 0.05) is 19.6 Å². The van der Waals surface area contributed by atoms with Crippen LogP contribution in [0.25, 0.3) is 0 Å². The summed E-state index contributed by atoms with van der Waals surface area (Å²) in [6.45, 7) is 4.41. The highest BCUT2D eigenvalue weighted by molar-refractivity contribution is 14.0. The monoisotopic (exact) mass is 408 g/mol. The van der Waals surface area contributed by atoms with Gasteiger partial charge < -0.3 is 25.5 Å². The normalized spacial score (nSPS) is 18.5. The maximum absolute atomic E-state index is 10.9. The van der Waals surface area contributed by atoms with Crippen molar-refractivity contribution in [1.29, 1.82) is 0 Å². The van der Waals surface area contributed by atoms with E-state index in [-0.39, 0.29) is 35.8 Å². The Balaban J connectivity index is 0.00000220. The van der Waals surface area contributed by atoms with Crippen molar-refractivity contribution in [3.63, 3.8) is 0 Å². The molecule has 1 amide bonds. The molecule has 1 fully saturated rings. The number of guanidine groups is 1. The van der Waals surface area contributed by atoms with E-state index in [0.29, 0.717) is 18.8 Å². The number of β-amino-alcohol motifs (C(OH)–C–C–N with tert-alkyl or cyclic N) is 1. The summed E-state index contributed by atoms with van der Waals surface area (Å²) < 4.78 is 5.28. The highest BCUT2D eigenvalue weighted by atomic mass is 127. The first kappa shape index (κ1) is 17.8. The Morgan fingerprint density at radius 3 is 2.90 bits per heavy atom. The molecule has 21 heavy (non-hydrogen) atoms. The average Bonchev–Trinajstić information content (AvgIpc) is 3.03. The van der Waals surface area contributed by atoms with Crippen LogP contribution in [0.2, 0.25) is 0 Å². The second-order valence-electron chi connectivity index (χ2n) is 4.69. The fourth-order valence-electron chi connectivity index (χ4n) is 2.11. The summed E-state index contributed by atoms with van der Waals surface area (Å²) in [5.74, 6) is 0.863. The van der Waals surface area contributed by atoms with Gasteiger partial charge in [-0.3, -0.25) is 4.79 Å². The van der Waals surface area contributed by atoms with Crippen LogP contribution in [0.15, 0.2) is 21.5 Å². The van der Waals surface area contributed by atoms with Gasteiger partial charge in [-0.25, -0.2) is 4.99 Å². The third-order valence-electron chi connectivity index (χ3n) is 3.09. The minimum Gasteiger partial charge on any atom is -0.454 e. The lowest BCUT2D eigenvalue weighted by Gasteiger charge is -2.20. The Morgan fingerprint density at radius 2 is 2.38 bits per heavy atom. The Morgan fingerprint density at radius 1 is 1.62 bits per heavy atom. The van der Waals surface area contributed by atoms with Crippen LogP contribution in [0.5, 0.6) is 0 Å². The van der Waals surface area contributed by atoms with Gasteiger partial charge in [0.25, 0.3) is 5.91 Å². The Labute approximate surface area is 140 Å². The number of nitrogens with two attached hydrogens (primary N) is 1. The van der Waals surface area contributed by atoms with Crippen LogP contribution in [0.3, 0.4) is 0 Å². The largest absolute Gasteiger partial charge is 0.454 e. The quantitative estimate of drug-likeness (QED) is 0.383. The molecule has 0 spiro atoms. The molecule has 4 N–H and O–H groups in total. The van der Waals surface area contributed by atoms with Crippen molar-refractivity contribution in [1.82, 2.24) is 10.2 Å². The maximum Gasteiger partial charge on any atom is 0.284 e. The second kappa shape index (κ2) is 8.23. The van der Waals surface area contributed by atoms with Crippen LogP contribution in [-0.2, 0) is 6.54 Å². The highest BCUT2D eigenvalue weighted by Gasteiger charge is 2.22. The van der Waals surface area contributed by atoms with Gasteiger partial charge in [0.2, 0.25) is 0 Å². The number of nitrogens with zero attached hydrogens (tertiary/aromatic N) is 2. The first-order valence-electron chi connectivity index (χ1n) is 6.70. The summed E-state index contributed by atoms with van der Waals surface area (Å²) >= 11 is 0. The number of carbonyl (C=O) groups excluding carboxylic acids is 1. The van der Waals surface area contributed by atoms with Crippen molar-refractivity contribution in [2.45, 2.75) is 26.0 Å². The molecule has 1 aliphatic rings. The van der Waals surface area contributed by atoms with E-state index in [2.05, 4.69) is 10.3 Å². The zero-order valence-corrected chi connectivity index (χ0v) is 14.2. The SMILES string of the molecule is CCNC(=NCc1ccc(C(N)=O)o1)N1CC[C@@H](O)C1.I. The first-order chi connectivity index (χ1) is 9.60. The molecule has 0 unspecified atom stereocenters. The number of amides is 1. The Bertz CT molecular complexity index is 503. The van der Waals surface area contributed by atoms with Gasteiger partial charge in [-0.1, -0.05) is 0 Å². The Hall–Kier alpha value is -1.29. The van der Waals surface area contributed by atoms with Gasteiger partial charge in [-0.05, 0) is 25.5 Å². The molecule has 0 aromatic carbocycles. The van der Waals surface area contributed by atoms with Crippen molar-refractivity contribution in [3.05, 3.63) is 23.7 Å². The zero-order chi connectivity index (χ0) is 14.5. The van der Waals surface area contributed by atoms with E-state index in [1.54, 1.807) is 12.1 Å². The minimum atomic E-state index is -0.588. The van der Waals surface area contributed by atoms with E-state index in [1.807, 2.05) is 11.8 Å². The van der Waals surface area contributed by atoms with Crippen LogP contribution < -0.4 is 11.1 Å². The molecule has 118 valence electrons. The second-order valence-corrected chi connectivity index (χ2v) is 4.69. The number of furan rings is 1. The van der Waals surface area contributed by atoms with Crippen molar-refractivity contribution in [2.24, 2.45) is 10.7 Å². The molecule has 8 heteroatoms. The Kier molecular flexibility index (Phi) is 6.96. The molecular formula is C13H21IN4O3. The zero-order valence-electron chi connectivity index (χ0n) is 11.9. The molecule has 1 atom stereocenters. The minimum absolute atomic E-state index is 0. The van der Waals surface area contributed by atoms with Crippen LogP contribution in [0.1, 0.15) is 29.7 Å². The van der Waals surface area contributed by atoms with Gasteiger partial charge in [0.1, 0.15) is 12.3 Å². The number of nitrogens with one attached hydrogen (secondary N) is 1. The van der Waals surface area contributed by atoms with Crippen molar-refractivity contribution >= 4 is 35.8 Å². The van der Waals surface area contributed by atoms with E-state index in [1.165, 1.54) is 0 Å². The van der Waals surface area contributed by atoms with Crippen LogP contribution in [0, 0.1) is 0 Å². The van der Waals surface area contributed by atoms with E-state index in [4.69, 9.17) is 10.2 Å². The number of hydrogen-bond donors (Lipinski definition) is 3. The average molecular weight is 408 g/mol. The molecule has 0 aliphatic carbocycles. The van der Waals surface area contributed by atoms with Gasteiger partial charge in [0.05, 0.1) is 6.10 Å². The number of aliphatic hydroxyl groups excluding tert-OH is 1. The number of primary amides is 1. The molecular weight excluding hydrogens is 387 g/mol. The number of halogens is 1. The molecule has 7 nitrogen and oxygen atoms in total. The van der Waals surface area contributed by atoms with E-state index in [0.717, 1.165) is 25.5 Å². The van der Waals surface area contributed by atoms with Gasteiger partial charge >= 0.3 is 0 Å². The van der Waals surface area contributed by atoms with E-state index in [9.17, 15) is 9.90 Å². The molecule has 1 saturated heterocycles. The fraction of sp³-hybridized carbons (Fsp3) is 0.538. The molecule has 1 aromatic rings. The summed E-state index contributed by atoms with van der Waals surface area (Å²) in [5.41, 5.74) is 5.13. The van der Waals surface area contributed by atoms with E-state index < -0.39 is 5.91 Å². The number of aliphatic imine (C=N–C) groups is 1. The third kappa shape index (κ3) is 4.88. The lowest BCUT2D eigenvalue weighted by molar-refractivity contribution is 0.0972. The highest BCUT2D eigenvalue weighted by Crippen LogP contribution is 2.11. The summed E-state index contributed by atoms with van der Waals surface area (Å²) in [7, 11) is 0. The number of aliphatic hydroxyl groups is 1. The third-order valence-corrected chi connectivity index (χ3v) is 3.09. The predicted octanol–water partition coefficient (Wildman–Crippen LogP) is 0.529. The molecule has 2 rings (SSSR count). The van der Waals surface area contributed by atoms with Crippen LogP contribution in [-0.4, -0.2) is 47.6 Å².